The number of anilines is 1. The number of hydrogen-bond donors (Lipinski definition) is 1. The molecule has 1 amide bonds. The lowest BCUT2D eigenvalue weighted by Crippen LogP contribution is -2.14. The van der Waals surface area contributed by atoms with Gasteiger partial charge in [0.1, 0.15) is 5.69 Å². The fraction of sp³-hybridized carbons (Fsp3) is 0.0435. The summed E-state index contributed by atoms with van der Waals surface area (Å²) in [5.74, 6) is -5.13. The molecule has 4 aromatic rings. The number of nitrogens with one attached hydrogen (secondary N) is 1. The van der Waals surface area contributed by atoms with Gasteiger partial charge in [-0.25, -0.2) is 17.9 Å². The van der Waals surface area contributed by atoms with Crippen molar-refractivity contribution in [3.05, 3.63) is 102 Å². The van der Waals surface area contributed by atoms with Gasteiger partial charge in [-0.15, -0.1) is 0 Å². The Hall–Kier alpha value is -3.87. The van der Waals surface area contributed by atoms with Gasteiger partial charge in [0.25, 0.3) is 5.91 Å². The molecule has 4 nitrogen and oxygen atoms in total. The van der Waals surface area contributed by atoms with Crippen molar-refractivity contribution in [2.24, 2.45) is 0 Å². The first kappa shape index (κ1) is 19.4. The summed E-state index contributed by atoms with van der Waals surface area (Å²) in [4.78, 5) is 13.0. The first-order valence-electron chi connectivity index (χ1n) is 9.11. The van der Waals surface area contributed by atoms with Crippen LogP contribution in [-0.2, 0) is 0 Å². The minimum absolute atomic E-state index is 0.164. The number of hydrogen-bond acceptors (Lipinski definition) is 2. The van der Waals surface area contributed by atoms with Gasteiger partial charge < -0.3 is 5.32 Å². The molecule has 0 atom stereocenters. The van der Waals surface area contributed by atoms with Crippen LogP contribution >= 0.6 is 0 Å². The third-order valence-electron chi connectivity index (χ3n) is 4.66. The van der Waals surface area contributed by atoms with Crippen LogP contribution in [0.3, 0.4) is 0 Å². The largest absolute Gasteiger partial charge is 0.319 e. The van der Waals surface area contributed by atoms with Crippen LogP contribution < -0.4 is 5.32 Å². The average Bonchev–Trinajstić information content (AvgIpc) is 3.20. The molecule has 1 N–H and O–H groups in total. The Labute approximate surface area is 170 Å². The smallest absolute Gasteiger partial charge is 0.259 e. The molecule has 0 bridgehead atoms. The van der Waals surface area contributed by atoms with E-state index < -0.39 is 29.0 Å². The molecule has 4 rings (SSSR count). The molecule has 0 unspecified atom stereocenters. The van der Waals surface area contributed by atoms with E-state index in [0.29, 0.717) is 5.69 Å². The lowest BCUT2D eigenvalue weighted by Gasteiger charge is -2.08. The molecule has 0 saturated carbocycles. The van der Waals surface area contributed by atoms with Crippen LogP contribution in [0, 0.1) is 24.4 Å². The molecule has 1 aromatic heterocycles. The van der Waals surface area contributed by atoms with E-state index in [-0.39, 0.29) is 5.56 Å². The van der Waals surface area contributed by atoms with Crippen molar-refractivity contribution in [2.45, 2.75) is 6.92 Å². The van der Waals surface area contributed by atoms with Gasteiger partial charge in [-0.1, -0.05) is 42.5 Å². The lowest BCUT2D eigenvalue weighted by atomic mass is 10.0. The third kappa shape index (κ3) is 3.57. The van der Waals surface area contributed by atoms with Crippen molar-refractivity contribution in [1.82, 2.24) is 9.78 Å². The van der Waals surface area contributed by atoms with Gasteiger partial charge in [0.15, 0.2) is 17.5 Å². The number of aromatic nitrogens is 2. The van der Waals surface area contributed by atoms with Crippen LogP contribution in [-0.4, -0.2) is 15.7 Å². The quantitative estimate of drug-likeness (QED) is 0.453. The number of carbonyl (C=O) groups is 1. The molecule has 0 radical (unpaired) electrons. The van der Waals surface area contributed by atoms with Gasteiger partial charge in [-0.05, 0) is 36.8 Å². The summed E-state index contributed by atoms with van der Waals surface area (Å²) >= 11 is 0. The predicted octanol–water partition coefficient (Wildman–Crippen LogP) is 5.52. The van der Waals surface area contributed by atoms with E-state index in [1.54, 1.807) is 0 Å². The molecule has 0 aliphatic rings. The molecule has 0 aliphatic carbocycles. The number of nitrogens with zero attached hydrogens (tertiary/aromatic N) is 2. The molecule has 0 fully saturated rings. The molecule has 0 saturated heterocycles. The highest BCUT2D eigenvalue weighted by molar-refractivity contribution is 6.08. The maximum absolute atomic E-state index is 14.0. The van der Waals surface area contributed by atoms with Gasteiger partial charge in [-0.3, -0.25) is 4.79 Å². The van der Waals surface area contributed by atoms with Gasteiger partial charge >= 0.3 is 0 Å². The number of amides is 1. The highest BCUT2D eigenvalue weighted by Gasteiger charge is 2.22. The number of aryl methyl sites for hydroxylation is 1. The Morgan fingerprint density at radius 3 is 2.33 bits per heavy atom. The third-order valence-corrected chi connectivity index (χ3v) is 4.66. The molecule has 3 aromatic carbocycles. The SMILES string of the molecule is Cc1ccccc1-c1nn(-c2ccccc2)cc1C(=O)Nc1ccc(F)c(F)c1F. The van der Waals surface area contributed by atoms with E-state index in [4.69, 9.17) is 0 Å². The summed E-state index contributed by atoms with van der Waals surface area (Å²) in [5.41, 5.74) is 2.44. The van der Waals surface area contributed by atoms with Crippen molar-refractivity contribution < 1.29 is 18.0 Å². The Morgan fingerprint density at radius 2 is 1.60 bits per heavy atom. The van der Waals surface area contributed by atoms with Crippen molar-refractivity contribution >= 4 is 11.6 Å². The predicted molar refractivity (Wildman–Crippen MR) is 108 cm³/mol. The number of halogens is 3. The zero-order valence-electron chi connectivity index (χ0n) is 15.9. The first-order chi connectivity index (χ1) is 14.5. The Bertz CT molecular complexity index is 1240. The fourth-order valence-corrected chi connectivity index (χ4v) is 3.10. The summed E-state index contributed by atoms with van der Waals surface area (Å²) in [6.07, 6.45) is 1.52. The lowest BCUT2D eigenvalue weighted by molar-refractivity contribution is 0.102. The zero-order valence-corrected chi connectivity index (χ0v) is 15.9. The fourth-order valence-electron chi connectivity index (χ4n) is 3.10. The van der Waals surface area contributed by atoms with Crippen molar-refractivity contribution in [2.75, 3.05) is 5.32 Å². The second-order valence-electron chi connectivity index (χ2n) is 6.66. The maximum atomic E-state index is 14.0. The maximum Gasteiger partial charge on any atom is 0.259 e. The Balaban J connectivity index is 1.80. The van der Waals surface area contributed by atoms with Gasteiger partial charge in [0.2, 0.25) is 0 Å². The van der Waals surface area contributed by atoms with Crippen LogP contribution in [0.15, 0.2) is 72.9 Å². The molecular formula is C23H16F3N3O. The Kier molecular flexibility index (Phi) is 5.10. The minimum Gasteiger partial charge on any atom is -0.319 e. The highest BCUT2D eigenvalue weighted by Crippen LogP contribution is 2.28. The van der Waals surface area contributed by atoms with Gasteiger partial charge in [0.05, 0.1) is 16.9 Å². The van der Waals surface area contributed by atoms with E-state index >= 15 is 0 Å². The van der Waals surface area contributed by atoms with Crippen LogP contribution in [0.25, 0.3) is 16.9 Å². The van der Waals surface area contributed by atoms with Crippen LogP contribution in [0.1, 0.15) is 15.9 Å². The van der Waals surface area contributed by atoms with Crippen molar-refractivity contribution in [1.29, 1.82) is 0 Å². The van der Waals surface area contributed by atoms with Crippen molar-refractivity contribution in [3.63, 3.8) is 0 Å². The number of benzene rings is 3. The number of carbonyl (C=O) groups excluding carboxylic acids is 1. The molecule has 0 aliphatic heterocycles. The summed E-state index contributed by atoms with van der Waals surface area (Å²) in [6.45, 7) is 1.88. The van der Waals surface area contributed by atoms with Gasteiger partial charge in [-0.2, -0.15) is 5.10 Å². The zero-order chi connectivity index (χ0) is 21.3. The van der Waals surface area contributed by atoms with Crippen molar-refractivity contribution in [3.8, 4) is 16.9 Å². The summed E-state index contributed by atoms with van der Waals surface area (Å²) in [7, 11) is 0. The van der Waals surface area contributed by atoms with Crippen LogP contribution in [0.4, 0.5) is 18.9 Å². The average molecular weight is 407 g/mol. The van der Waals surface area contributed by atoms with Crippen LogP contribution in [0.2, 0.25) is 0 Å². The molecular weight excluding hydrogens is 391 g/mol. The summed E-state index contributed by atoms with van der Waals surface area (Å²) < 4.78 is 42.3. The van der Waals surface area contributed by atoms with E-state index in [1.165, 1.54) is 10.9 Å². The monoisotopic (exact) mass is 407 g/mol. The second kappa shape index (κ2) is 7.87. The van der Waals surface area contributed by atoms with Gasteiger partial charge in [0, 0.05) is 11.8 Å². The molecule has 30 heavy (non-hydrogen) atoms. The topological polar surface area (TPSA) is 46.9 Å². The molecule has 0 spiro atoms. The highest BCUT2D eigenvalue weighted by atomic mass is 19.2. The number of rotatable bonds is 4. The number of para-hydroxylation sites is 1. The first-order valence-corrected chi connectivity index (χ1v) is 9.11. The van der Waals surface area contributed by atoms with E-state index in [2.05, 4.69) is 10.4 Å². The van der Waals surface area contributed by atoms with E-state index in [0.717, 1.165) is 28.9 Å². The standard InChI is InChI=1S/C23H16F3N3O/c1-14-7-5-6-10-16(14)22-17(13-29(28-22)15-8-3-2-4-9-15)23(30)27-19-12-11-18(24)20(25)21(19)26/h2-13H,1H3,(H,27,30). The Morgan fingerprint density at radius 1 is 0.900 bits per heavy atom. The normalized spacial score (nSPS) is 10.8. The molecule has 7 heteroatoms. The summed E-state index contributed by atoms with van der Waals surface area (Å²) in [5, 5.41) is 6.87. The molecule has 150 valence electrons. The second-order valence-corrected chi connectivity index (χ2v) is 6.66. The molecule has 1 heterocycles. The van der Waals surface area contributed by atoms with Crippen LogP contribution in [0.5, 0.6) is 0 Å². The van der Waals surface area contributed by atoms with E-state index in [1.807, 2.05) is 61.5 Å². The summed E-state index contributed by atoms with van der Waals surface area (Å²) in [6, 6.07) is 18.3. The van der Waals surface area contributed by atoms with E-state index in [9.17, 15) is 18.0 Å². The minimum atomic E-state index is -1.65.